The van der Waals surface area contributed by atoms with Crippen molar-refractivity contribution >= 4 is 53.7 Å². The number of amides is 1. The van der Waals surface area contributed by atoms with E-state index in [1.807, 2.05) is 12.1 Å². The lowest BCUT2D eigenvalue weighted by Gasteiger charge is -2.10. The summed E-state index contributed by atoms with van der Waals surface area (Å²) in [6.07, 6.45) is 0.988. The van der Waals surface area contributed by atoms with Crippen LogP contribution in [0.5, 0.6) is 0 Å². The van der Waals surface area contributed by atoms with Crippen LogP contribution in [-0.2, 0) is 0 Å². The Labute approximate surface area is 121 Å². The SMILES string of the molecule is CCC(Br)CNC(=O)c1ccc(Br)cc1Br. The Balaban J connectivity index is 2.66. The topological polar surface area (TPSA) is 29.1 Å². The molecule has 0 saturated heterocycles. The fourth-order valence-electron chi connectivity index (χ4n) is 1.12. The van der Waals surface area contributed by atoms with Crippen LogP contribution in [0.15, 0.2) is 27.1 Å². The second kappa shape index (κ2) is 6.77. The predicted octanol–water partition coefficient (Wildman–Crippen LogP) is 4.11. The van der Waals surface area contributed by atoms with Gasteiger partial charge in [-0.15, -0.1) is 0 Å². The maximum Gasteiger partial charge on any atom is 0.252 e. The van der Waals surface area contributed by atoms with E-state index in [2.05, 4.69) is 60.0 Å². The first-order valence-corrected chi connectivity index (χ1v) is 7.42. The van der Waals surface area contributed by atoms with E-state index in [-0.39, 0.29) is 5.91 Å². The van der Waals surface area contributed by atoms with Crippen molar-refractivity contribution in [3.8, 4) is 0 Å². The van der Waals surface area contributed by atoms with Gasteiger partial charge in [-0.25, -0.2) is 0 Å². The minimum atomic E-state index is -0.0581. The first-order valence-electron chi connectivity index (χ1n) is 4.92. The molecular formula is C11H12Br3NO. The van der Waals surface area contributed by atoms with Gasteiger partial charge in [-0.05, 0) is 40.5 Å². The molecule has 0 radical (unpaired) electrons. The average Bonchev–Trinajstić information content (AvgIpc) is 2.25. The van der Waals surface area contributed by atoms with E-state index < -0.39 is 0 Å². The Bertz CT molecular complexity index is 381. The van der Waals surface area contributed by atoms with Gasteiger partial charge in [0.1, 0.15) is 0 Å². The molecule has 0 spiro atoms. The summed E-state index contributed by atoms with van der Waals surface area (Å²) < 4.78 is 1.74. The number of halogens is 3. The molecule has 1 aromatic carbocycles. The zero-order chi connectivity index (χ0) is 12.1. The number of hydrogen-bond donors (Lipinski definition) is 1. The van der Waals surface area contributed by atoms with Gasteiger partial charge < -0.3 is 5.32 Å². The van der Waals surface area contributed by atoms with Crippen molar-refractivity contribution in [1.82, 2.24) is 5.32 Å². The van der Waals surface area contributed by atoms with Crippen molar-refractivity contribution in [2.75, 3.05) is 6.54 Å². The molecule has 0 bridgehead atoms. The monoisotopic (exact) mass is 411 g/mol. The molecule has 88 valence electrons. The maximum atomic E-state index is 11.8. The van der Waals surface area contributed by atoms with Gasteiger partial charge in [0.2, 0.25) is 0 Å². The summed E-state index contributed by atoms with van der Waals surface area (Å²) in [5.41, 5.74) is 0.652. The van der Waals surface area contributed by atoms with Gasteiger partial charge in [0, 0.05) is 20.3 Å². The fraction of sp³-hybridized carbons (Fsp3) is 0.364. The Morgan fingerprint density at radius 2 is 2.12 bits per heavy atom. The molecule has 2 nitrogen and oxygen atoms in total. The molecule has 0 aliphatic rings. The number of carbonyl (C=O) groups is 1. The summed E-state index contributed by atoms with van der Waals surface area (Å²) in [4.78, 5) is 12.1. The molecular weight excluding hydrogens is 402 g/mol. The third-order valence-electron chi connectivity index (χ3n) is 2.10. The number of alkyl halides is 1. The zero-order valence-electron chi connectivity index (χ0n) is 8.77. The summed E-state index contributed by atoms with van der Waals surface area (Å²) in [5, 5.41) is 2.88. The number of carbonyl (C=O) groups excluding carboxylic acids is 1. The number of nitrogens with one attached hydrogen (secondary N) is 1. The third kappa shape index (κ3) is 4.18. The second-order valence-electron chi connectivity index (χ2n) is 3.34. The molecule has 1 N–H and O–H groups in total. The summed E-state index contributed by atoms with van der Waals surface area (Å²) in [6, 6.07) is 5.50. The smallest absolute Gasteiger partial charge is 0.252 e. The maximum absolute atomic E-state index is 11.8. The highest BCUT2D eigenvalue weighted by Gasteiger charge is 2.11. The third-order valence-corrected chi connectivity index (χ3v) is 4.22. The van der Waals surface area contributed by atoms with Crippen molar-refractivity contribution in [2.24, 2.45) is 0 Å². The quantitative estimate of drug-likeness (QED) is 0.739. The highest BCUT2D eigenvalue weighted by Crippen LogP contribution is 2.21. The van der Waals surface area contributed by atoms with Gasteiger partial charge in [0.25, 0.3) is 5.91 Å². The first kappa shape index (κ1) is 14.2. The van der Waals surface area contributed by atoms with Crippen LogP contribution >= 0.6 is 47.8 Å². The van der Waals surface area contributed by atoms with Crippen LogP contribution in [0.1, 0.15) is 23.7 Å². The highest BCUT2D eigenvalue weighted by atomic mass is 79.9. The first-order chi connectivity index (χ1) is 7.54. The molecule has 1 amide bonds. The lowest BCUT2D eigenvalue weighted by atomic mass is 10.2. The van der Waals surface area contributed by atoms with Crippen LogP contribution < -0.4 is 5.32 Å². The second-order valence-corrected chi connectivity index (χ2v) is 6.40. The summed E-state index contributed by atoms with van der Waals surface area (Å²) >= 11 is 10.2. The normalized spacial score (nSPS) is 12.2. The molecule has 1 unspecified atom stereocenters. The van der Waals surface area contributed by atoms with E-state index in [9.17, 15) is 4.79 Å². The zero-order valence-corrected chi connectivity index (χ0v) is 13.5. The van der Waals surface area contributed by atoms with E-state index in [0.29, 0.717) is 16.9 Å². The number of rotatable bonds is 4. The molecule has 0 aliphatic heterocycles. The summed E-state index contributed by atoms with van der Waals surface area (Å²) in [6.45, 7) is 2.71. The largest absolute Gasteiger partial charge is 0.351 e. The van der Waals surface area contributed by atoms with Crippen LogP contribution in [0.25, 0.3) is 0 Å². The molecule has 1 atom stereocenters. The van der Waals surface area contributed by atoms with E-state index in [1.165, 1.54) is 0 Å². The molecule has 0 heterocycles. The van der Waals surface area contributed by atoms with Gasteiger partial charge in [0.15, 0.2) is 0 Å². The van der Waals surface area contributed by atoms with E-state index in [1.54, 1.807) is 6.07 Å². The fourth-order valence-corrected chi connectivity index (χ4v) is 2.51. The predicted molar refractivity (Wildman–Crippen MR) is 77.2 cm³/mol. The molecule has 1 rings (SSSR count). The van der Waals surface area contributed by atoms with Gasteiger partial charge in [-0.2, -0.15) is 0 Å². The summed E-state index contributed by atoms with van der Waals surface area (Å²) in [7, 11) is 0. The highest BCUT2D eigenvalue weighted by molar-refractivity contribution is 9.11. The average molecular weight is 414 g/mol. The Hall–Kier alpha value is 0.130. The standard InChI is InChI=1S/C11H12Br3NO/c1-2-7(12)6-15-11(16)9-4-3-8(13)5-10(9)14/h3-5,7H,2,6H2,1H3,(H,15,16). The number of hydrogen-bond acceptors (Lipinski definition) is 1. The molecule has 1 aromatic rings. The van der Waals surface area contributed by atoms with Crippen molar-refractivity contribution in [1.29, 1.82) is 0 Å². The molecule has 5 heteroatoms. The summed E-state index contributed by atoms with van der Waals surface area (Å²) in [5.74, 6) is -0.0581. The van der Waals surface area contributed by atoms with Crippen molar-refractivity contribution < 1.29 is 4.79 Å². The van der Waals surface area contributed by atoms with Gasteiger partial charge in [-0.1, -0.05) is 38.8 Å². The minimum absolute atomic E-state index is 0.0581. The lowest BCUT2D eigenvalue weighted by molar-refractivity contribution is 0.0953. The van der Waals surface area contributed by atoms with Crippen LogP contribution in [0.4, 0.5) is 0 Å². The Morgan fingerprint density at radius 3 is 2.69 bits per heavy atom. The van der Waals surface area contributed by atoms with Crippen LogP contribution in [0, 0.1) is 0 Å². The van der Waals surface area contributed by atoms with Gasteiger partial charge >= 0.3 is 0 Å². The van der Waals surface area contributed by atoms with Crippen LogP contribution in [0.3, 0.4) is 0 Å². The molecule has 0 aromatic heterocycles. The molecule has 16 heavy (non-hydrogen) atoms. The van der Waals surface area contributed by atoms with E-state index >= 15 is 0 Å². The minimum Gasteiger partial charge on any atom is -0.351 e. The molecule has 0 aliphatic carbocycles. The van der Waals surface area contributed by atoms with Crippen molar-refractivity contribution in [3.05, 3.63) is 32.7 Å². The Kier molecular flexibility index (Phi) is 6.00. The lowest BCUT2D eigenvalue weighted by Crippen LogP contribution is -2.29. The van der Waals surface area contributed by atoms with Gasteiger partial charge in [-0.3, -0.25) is 4.79 Å². The van der Waals surface area contributed by atoms with Crippen molar-refractivity contribution in [2.45, 2.75) is 18.2 Å². The number of benzene rings is 1. The van der Waals surface area contributed by atoms with E-state index in [0.717, 1.165) is 15.4 Å². The van der Waals surface area contributed by atoms with E-state index in [4.69, 9.17) is 0 Å². The van der Waals surface area contributed by atoms with Crippen LogP contribution in [0.2, 0.25) is 0 Å². The van der Waals surface area contributed by atoms with Gasteiger partial charge in [0.05, 0.1) is 5.56 Å². The molecule has 0 saturated carbocycles. The molecule has 0 fully saturated rings. The Morgan fingerprint density at radius 1 is 1.44 bits per heavy atom. The van der Waals surface area contributed by atoms with Crippen LogP contribution in [-0.4, -0.2) is 17.3 Å². The van der Waals surface area contributed by atoms with Crippen molar-refractivity contribution in [3.63, 3.8) is 0 Å².